The van der Waals surface area contributed by atoms with Crippen LogP contribution >= 0.6 is 0 Å². The lowest BCUT2D eigenvalue weighted by atomic mass is 9.87. The van der Waals surface area contributed by atoms with E-state index in [2.05, 4.69) is 18.8 Å². The SMILES string of the molecule is Cc1cc2[nH]c(=O)c(=O)n3c2c(c1C)C(C)CC3. The van der Waals surface area contributed by atoms with Gasteiger partial charge in [-0.05, 0) is 48.9 Å². The first kappa shape index (κ1) is 11.3. The monoisotopic (exact) mass is 244 g/mol. The lowest BCUT2D eigenvalue weighted by Crippen LogP contribution is -2.38. The Morgan fingerprint density at radius 2 is 2.06 bits per heavy atom. The highest BCUT2D eigenvalue weighted by Gasteiger charge is 2.23. The molecule has 0 saturated carbocycles. The molecule has 1 aliphatic rings. The van der Waals surface area contributed by atoms with E-state index in [1.54, 1.807) is 4.57 Å². The molecule has 2 heterocycles. The van der Waals surface area contributed by atoms with Crippen molar-refractivity contribution >= 4 is 11.0 Å². The standard InChI is InChI=1S/C14H16N2O2/c1-7-4-5-16-12-10(15-13(17)14(16)18)6-8(2)9(3)11(7)12/h6-7H,4-5H2,1-3H3,(H,15,17). The second kappa shape index (κ2) is 3.57. The summed E-state index contributed by atoms with van der Waals surface area (Å²) in [6.07, 6.45) is 0.912. The van der Waals surface area contributed by atoms with Gasteiger partial charge < -0.3 is 9.55 Å². The maximum absolute atomic E-state index is 11.9. The predicted octanol–water partition coefficient (Wildman–Crippen LogP) is 1.81. The van der Waals surface area contributed by atoms with Gasteiger partial charge in [0.1, 0.15) is 0 Å². The average molecular weight is 244 g/mol. The molecule has 2 aromatic rings. The quantitative estimate of drug-likeness (QED) is 0.719. The van der Waals surface area contributed by atoms with E-state index in [4.69, 9.17) is 0 Å². The van der Waals surface area contributed by atoms with Crippen molar-refractivity contribution in [3.63, 3.8) is 0 Å². The first-order chi connectivity index (χ1) is 8.50. The van der Waals surface area contributed by atoms with Gasteiger partial charge in [0.25, 0.3) is 0 Å². The van der Waals surface area contributed by atoms with Crippen LogP contribution in [-0.4, -0.2) is 9.55 Å². The molecule has 3 rings (SSSR count). The predicted molar refractivity (Wildman–Crippen MR) is 71.3 cm³/mol. The summed E-state index contributed by atoms with van der Waals surface area (Å²) in [6, 6.07) is 1.96. The van der Waals surface area contributed by atoms with Crippen LogP contribution in [0, 0.1) is 13.8 Å². The summed E-state index contributed by atoms with van der Waals surface area (Å²) in [4.78, 5) is 26.3. The lowest BCUT2D eigenvalue weighted by Gasteiger charge is -2.26. The fourth-order valence-electron chi connectivity index (χ4n) is 3.00. The van der Waals surface area contributed by atoms with Gasteiger partial charge in [0.2, 0.25) is 0 Å². The minimum Gasteiger partial charge on any atom is -0.316 e. The number of aromatic amines is 1. The fourth-order valence-corrected chi connectivity index (χ4v) is 3.00. The van der Waals surface area contributed by atoms with Gasteiger partial charge in [-0.1, -0.05) is 6.92 Å². The van der Waals surface area contributed by atoms with E-state index in [1.807, 2.05) is 13.0 Å². The summed E-state index contributed by atoms with van der Waals surface area (Å²) in [7, 11) is 0. The van der Waals surface area contributed by atoms with Crippen LogP contribution in [0.2, 0.25) is 0 Å². The zero-order valence-corrected chi connectivity index (χ0v) is 10.8. The molecule has 1 atom stereocenters. The Kier molecular flexibility index (Phi) is 2.24. The molecule has 1 aromatic heterocycles. The highest BCUT2D eigenvalue weighted by atomic mass is 16.2. The topological polar surface area (TPSA) is 54.9 Å². The molecule has 0 bridgehead atoms. The third kappa shape index (κ3) is 1.32. The Hall–Kier alpha value is -1.84. The Labute approximate surface area is 104 Å². The van der Waals surface area contributed by atoms with E-state index in [1.165, 1.54) is 11.1 Å². The summed E-state index contributed by atoms with van der Waals surface area (Å²) in [6.45, 7) is 6.95. The van der Waals surface area contributed by atoms with E-state index in [0.717, 1.165) is 23.0 Å². The van der Waals surface area contributed by atoms with E-state index < -0.39 is 11.1 Å². The molecule has 0 fully saturated rings. The Morgan fingerprint density at radius 1 is 1.33 bits per heavy atom. The van der Waals surface area contributed by atoms with Gasteiger partial charge in [-0.2, -0.15) is 0 Å². The summed E-state index contributed by atoms with van der Waals surface area (Å²) in [5, 5.41) is 0. The third-order valence-corrected chi connectivity index (χ3v) is 4.10. The molecular weight excluding hydrogens is 228 g/mol. The second-order valence-corrected chi connectivity index (χ2v) is 5.23. The maximum Gasteiger partial charge on any atom is 0.316 e. The van der Waals surface area contributed by atoms with Crippen molar-refractivity contribution in [3.05, 3.63) is 43.5 Å². The molecule has 0 spiro atoms. The molecule has 0 saturated heterocycles. The summed E-state index contributed by atoms with van der Waals surface area (Å²) in [5.41, 5.74) is 4.35. The van der Waals surface area contributed by atoms with Crippen molar-refractivity contribution in [2.24, 2.45) is 0 Å². The summed E-state index contributed by atoms with van der Waals surface area (Å²) < 4.78 is 1.63. The first-order valence-corrected chi connectivity index (χ1v) is 6.27. The molecular formula is C14H16N2O2. The van der Waals surface area contributed by atoms with Crippen LogP contribution in [0.4, 0.5) is 0 Å². The number of nitrogens with one attached hydrogen (secondary N) is 1. The van der Waals surface area contributed by atoms with Crippen LogP contribution in [-0.2, 0) is 6.54 Å². The van der Waals surface area contributed by atoms with E-state index in [9.17, 15) is 9.59 Å². The van der Waals surface area contributed by atoms with Crippen molar-refractivity contribution < 1.29 is 0 Å². The number of aryl methyl sites for hydroxylation is 2. The maximum atomic E-state index is 11.9. The number of benzene rings is 1. The van der Waals surface area contributed by atoms with Crippen molar-refractivity contribution in [1.82, 2.24) is 9.55 Å². The molecule has 4 heteroatoms. The van der Waals surface area contributed by atoms with E-state index in [0.29, 0.717) is 12.5 Å². The van der Waals surface area contributed by atoms with Crippen LogP contribution in [0.5, 0.6) is 0 Å². The summed E-state index contributed by atoms with van der Waals surface area (Å²) in [5.74, 6) is 0.428. The van der Waals surface area contributed by atoms with Gasteiger partial charge in [-0.25, -0.2) is 0 Å². The van der Waals surface area contributed by atoms with Gasteiger partial charge in [-0.15, -0.1) is 0 Å². The number of nitrogens with zero attached hydrogens (tertiary/aromatic N) is 1. The average Bonchev–Trinajstić information content (AvgIpc) is 2.33. The van der Waals surface area contributed by atoms with Crippen LogP contribution < -0.4 is 11.1 Å². The molecule has 0 radical (unpaired) electrons. The molecule has 1 N–H and O–H groups in total. The van der Waals surface area contributed by atoms with Crippen LogP contribution in [0.15, 0.2) is 15.7 Å². The highest BCUT2D eigenvalue weighted by molar-refractivity contribution is 5.82. The van der Waals surface area contributed by atoms with E-state index >= 15 is 0 Å². The van der Waals surface area contributed by atoms with Crippen molar-refractivity contribution in [3.8, 4) is 0 Å². The Bertz CT molecular complexity index is 768. The molecule has 4 nitrogen and oxygen atoms in total. The molecule has 1 aromatic carbocycles. The smallest absolute Gasteiger partial charge is 0.316 e. The van der Waals surface area contributed by atoms with Crippen molar-refractivity contribution in [2.75, 3.05) is 0 Å². The molecule has 1 aliphatic heterocycles. The van der Waals surface area contributed by atoms with Crippen molar-refractivity contribution in [2.45, 2.75) is 39.7 Å². The third-order valence-electron chi connectivity index (χ3n) is 4.10. The van der Waals surface area contributed by atoms with Gasteiger partial charge in [0, 0.05) is 6.54 Å². The summed E-state index contributed by atoms with van der Waals surface area (Å²) >= 11 is 0. The number of rotatable bonds is 0. The zero-order chi connectivity index (χ0) is 13.0. The van der Waals surface area contributed by atoms with Gasteiger partial charge in [-0.3, -0.25) is 9.59 Å². The normalized spacial score (nSPS) is 18.3. The zero-order valence-electron chi connectivity index (χ0n) is 10.8. The Balaban J connectivity index is 2.64. The number of aromatic nitrogens is 2. The van der Waals surface area contributed by atoms with Gasteiger partial charge >= 0.3 is 11.1 Å². The second-order valence-electron chi connectivity index (χ2n) is 5.23. The minimum absolute atomic E-state index is 0.428. The van der Waals surface area contributed by atoms with Crippen LogP contribution in [0.25, 0.3) is 11.0 Å². The molecule has 0 aliphatic carbocycles. The minimum atomic E-state index is -0.522. The Morgan fingerprint density at radius 3 is 2.78 bits per heavy atom. The number of hydrogen-bond donors (Lipinski definition) is 1. The first-order valence-electron chi connectivity index (χ1n) is 6.27. The number of H-pyrrole nitrogens is 1. The fraction of sp³-hybridized carbons (Fsp3) is 0.429. The molecule has 94 valence electrons. The van der Waals surface area contributed by atoms with Crippen LogP contribution in [0.3, 0.4) is 0 Å². The largest absolute Gasteiger partial charge is 0.316 e. The van der Waals surface area contributed by atoms with Crippen LogP contribution in [0.1, 0.15) is 36.0 Å². The van der Waals surface area contributed by atoms with Crippen molar-refractivity contribution in [1.29, 1.82) is 0 Å². The van der Waals surface area contributed by atoms with E-state index in [-0.39, 0.29) is 0 Å². The molecule has 1 unspecified atom stereocenters. The van der Waals surface area contributed by atoms with Gasteiger partial charge in [0.05, 0.1) is 11.0 Å². The molecule has 0 amide bonds. The highest BCUT2D eigenvalue weighted by Crippen LogP contribution is 2.34. The molecule has 18 heavy (non-hydrogen) atoms. The van der Waals surface area contributed by atoms with Gasteiger partial charge in [0.15, 0.2) is 0 Å². The lowest BCUT2D eigenvalue weighted by molar-refractivity contribution is 0.543. The number of hydrogen-bond acceptors (Lipinski definition) is 2.